The Bertz CT molecular complexity index is 816. The summed E-state index contributed by atoms with van der Waals surface area (Å²) in [6.45, 7) is 1.42. The zero-order chi connectivity index (χ0) is 19.2. The first-order chi connectivity index (χ1) is 13.0. The molecule has 2 aromatic carbocycles. The fourth-order valence-corrected chi connectivity index (χ4v) is 3.38. The summed E-state index contributed by atoms with van der Waals surface area (Å²) in [6.07, 6.45) is 1.64. The normalized spacial score (nSPS) is 17.3. The summed E-state index contributed by atoms with van der Waals surface area (Å²) >= 11 is 5.94. The average molecular weight is 390 g/mol. The van der Waals surface area contributed by atoms with Gasteiger partial charge in [-0.15, -0.1) is 0 Å². The SMILES string of the molecule is O=C(CN1CCCC(C(=O)Nc2ccccc2)C1)Nc1ccc(F)cc1Cl. The maximum atomic E-state index is 13.1. The first kappa shape index (κ1) is 19.3. The molecule has 1 fully saturated rings. The predicted molar refractivity (Wildman–Crippen MR) is 104 cm³/mol. The molecule has 1 aliphatic rings. The third-order valence-corrected chi connectivity index (χ3v) is 4.80. The van der Waals surface area contributed by atoms with Gasteiger partial charge in [-0.05, 0) is 49.7 Å². The third-order valence-electron chi connectivity index (χ3n) is 4.49. The summed E-state index contributed by atoms with van der Waals surface area (Å²) < 4.78 is 13.1. The average Bonchev–Trinajstić information content (AvgIpc) is 2.65. The molecular formula is C20H21ClFN3O2. The Kier molecular flexibility index (Phi) is 6.42. The van der Waals surface area contributed by atoms with Crippen molar-refractivity contribution in [3.63, 3.8) is 0 Å². The molecule has 2 aromatic rings. The van der Waals surface area contributed by atoms with Gasteiger partial charge in [0.15, 0.2) is 0 Å². The summed E-state index contributed by atoms with van der Waals surface area (Å²) in [6, 6.07) is 13.2. The minimum Gasteiger partial charge on any atom is -0.326 e. The second-order valence-corrected chi connectivity index (χ2v) is 7.01. The van der Waals surface area contributed by atoms with Gasteiger partial charge in [0.1, 0.15) is 5.82 Å². The molecule has 1 aliphatic heterocycles. The minimum atomic E-state index is -0.457. The maximum absolute atomic E-state index is 13.1. The first-order valence-electron chi connectivity index (χ1n) is 8.84. The van der Waals surface area contributed by atoms with Crippen molar-refractivity contribution >= 4 is 34.8 Å². The zero-order valence-electron chi connectivity index (χ0n) is 14.8. The second-order valence-electron chi connectivity index (χ2n) is 6.60. The Morgan fingerprint density at radius 2 is 1.93 bits per heavy atom. The van der Waals surface area contributed by atoms with Crippen molar-refractivity contribution in [1.82, 2.24) is 4.90 Å². The largest absolute Gasteiger partial charge is 0.326 e. The number of para-hydroxylation sites is 1. The molecule has 2 N–H and O–H groups in total. The van der Waals surface area contributed by atoms with Gasteiger partial charge in [-0.1, -0.05) is 29.8 Å². The van der Waals surface area contributed by atoms with Crippen molar-refractivity contribution in [3.8, 4) is 0 Å². The highest BCUT2D eigenvalue weighted by Gasteiger charge is 2.27. The van der Waals surface area contributed by atoms with E-state index in [4.69, 9.17) is 11.6 Å². The number of anilines is 2. The van der Waals surface area contributed by atoms with E-state index >= 15 is 0 Å². The number of piperidine rings is 1. The minimum absolute atomic E-state index is 0.0344. The molecule has 7 heteroatoms. The van der Waals surface area contributed by atoms with Crippen LogP contribution >= 0.6 is 11.6 Å². The van der Waals surface area contributed by atoms with Crippen LogP contribution in [0, 0.1) is 11.7 Å². The molecule has 1 atom stereocenters. The molecule has 1 saturated heterocycles. The number of hydrogen-bond acceptors (Lipinski definition) is 3. The van der Waals surface area contributed by atoms with Gasteiger partial charge in [0.25, 0.3) is 0 Å². The monoisotopic (exact) mass is 389 g/mol. The van der Waals surface area contributed by atoms with Crippen LogP contribution in [0.25, 0.3) is 0 Å². The van der Waals surface area contributed by atoms with E-state index in [1.807, 2.05) is 35.2 Å². The smallest absolute Gasteiger partial charge is 0.238 e. The van der Waals surface area contributed by atoms with Crippen LogP contribution in [-0.4, -0.2) is 36.3 Å². The van der Waals surface area contributed by atoms with Crippen LogP contribution in [0.2, 0.25) is 5.02 Å². The van der Waals surface area contributed by atoms with Crippen LogP contribution < -0.4 is 10.6 Å². The molecule has 27 heavy (non-hydrogen) atoms. The Labute approximate surface area is 162 Å². The standard InChI is InChI=1S/C20H21ClFN3O2/c21-17-11-15(22)8-9-18(17)24-19(26)13-25-10-4-5-14(12-25)20(27)23-16-6-2-1-3-7-16/h1-3,6-9,11,14H,4-5,10,12-13H2,(H,23,27)(H,24,26). The molecule has 1 heterocycles. The zero-order valence-corrected chi connectivity index (χ0v) is 15.5. The number of nitrogens with zero attached hydrogens (tertiary/aromatic N) is 1. The van der Waals surface area contributed by atoms with Gasteiger partial charge in [0.05, 0.1) is 23.2 Å². The highest BCUT2D eigenvalue weighted by atomic mass is 35.5. The topological polar surface area (TPSA) is 61.4 Å². The van der Waals surface area contributed by atoms with Crippen molar-refractivity contribution in [3.05, 3.63) is 59.4 Å². The summed E-state index contributed by atoms with van der Waals surface area (Å²) in [5.41, 5.74) is 1.14. The lowest BCUT2D eigenvalue weighted by atomic mass is 9.97. The van der Waals surface area contributed by atoms with E-state index in [0.717, 1.165) is 31.1 Å². The lowest BCUT2D eigenvalue weighted by Crippen LogP contribution is -2.44. The molecule has 1 unspecified atom stereocenters. The van der Waals surface area contributed by atoms with Crippen molar-refractivity contribution in [2.45, 2.75) is 12.8 Å². The highest BCUT2D eigenvalue weighted by molar-refractivity contribution is 6.33. The van der Waals surface area contributed by atoms with E-state index in [1.54, 1.807) is 0 Å². The number of carbonyl (C=O) groups excluding carboxylic acids is 2. The summed E-state index contributed by atoms with van der Waals surface area (Å²) in [4.78, 5) is 26.7. The quantitative estimate of drug-likeness (QED) is 0.818. The van der Waals surface area contributed by atoms with E-state index in [9.17, 15) is 14.0 Å². The molecule has 0 bridgehead atoms. The number of halogens is 2. The van der Waals surface area contributed by atoms with Gasteiger partial charge in [0, 0.05) is 12.2 Å². The molecule has 5 nitrogen and oxygen atoms in total. The van der Waals surface area contributed by atoms with Crippen LogP contribution in [0.15, 0.2) is 48.5 Å². The van der Waals surface area contributed by atoms with Gasteiger partial charge in [-0.2, -0.15) is 0 Å². The van der Waals surface area contributed by atoms with E-state index in [2.05, 4.69) is 10.6 Å². The van der Waals surface area contributed by atoms with Gasteiger partial charge < -0.3 is 10.6 Å². The number of benzene rings is 2. The number of nitrogens with one attached hydrogen (secondary N) is 2. The van der Waals surface area contributed by atoms with Crippen LogP contribution in [0.5, 0.6) is 0 Å². The van der Waals surface area contributed by atoms with Crippen molar-refractivity contribution in [2.75, 3.05) is 30.3 Å². The molecular weight excluding hydrogens is 369 g/mol. The van der Waals surface area contributed by atoms with Crippen LogP contribution in [0.1, 0.15) is 12.8 Å². The van der Waals surface area contributed by atoms with Crippen LogP contribution in [0.4, 0.5) is 15.8 Å². The highest BCUT2D eigenvalue weighted by Crippen LogP contribution is 2.23. The van der Waals surface area contributed by atoms with Crippen molar-refractivity contribution in [1.29, 1.82) is 0 Å². The van der Waals surface area contributed by atoms with Gasteiger partial charge in [-0.3, -0.25) is 14.5 Å². The van der Waals surface area contributed by atoms with Gasteiger partial charge in [0.2, 0.25) is 11.8 Å². The van der Waals surface area contributed by atoms with E-state index in [1.165, 1.54) is 12.1 Å². The Morgan fingerprint density at radius 1 is 1.15 bits per heavy atom. The Hall–Kier alpha value is -2.44. The lowest BCUT2D eigenvalue weighted by Gasteiger charge is -2.31. The summed E-state index contributed by atoms with van der Waals surface area (Å²) in [5.74, 6) is -0.900. The first-order valence-corrected chi connectivity index (χ1v) is 9.22. The third kappa shape index (κ3) is 5.52. The fourth-order valence-electron chi connectivity index (χ4n) is 3.16. The lowest BCUT2D eigenvalue weighted by molar-refractivity contribution is -0.123. The van der Waals surface area contributed by atoms with E-state index in [-0.39, 0.29) is 29.3 Å². The number of hydrogen-bond donors (Lipinski definition) is 2. The van der Waals surface area contributed by atoms with E-state index < -0.39 is 5.82 Å². The Morgan fingerprint density at radius 3 is 2.67 bits per heavy atom. The van der Waals surface area contributed by atoms with Crippen molar-refractivity contribution < 1.29 is 14.0 Å². The molecule has 3 rings (SSSR count). The number of likely N-dealkylation sites (tertiary alicyclic amines) is 1. The fraction of sp³-hybridized carbons (Fsp3) is 0.300. The Balaban J connectivity index is 1.53. The number of rotatable bonds is 5. The molecule has 2 amide bonds. The number of amides is 2. The van der Waals surface area contributed by atoms with Crippen molar-refractivity contribution in [2.24, 2.45) is 5.92 Å². The van der Waals surface area contributed by atoms with E-state index in [0.29, 0.717) is 12.2 Å². The predicted octanol–water partition coefficient (Wildman–Crippen LogP) is 3.77. The molecule has 0 aromatic heterocycles. The van der Waals surface area contributed by atoms with Gasteiger partial charge in [-0.25, -0.2) is 4.39 Å². The molecule has 0 aliphatic carbocycles. The molecule has 0 spiro atoms. The maximum Gasteiger partial charge on any atom is 0.238 e. The van der Waals surface area contributed by atoms with Crippen LogP contribution in [-0.2, 0) is 9.59 Å². The summed E-state index contributed by atoms with van der Waals surface area (Å²) in [5, 5.41) is 5.76. The molecule has 142 valence electrons. The number of carbonyl (C=O) groups is 2. The summed E-state index contributed by atoms with van der Waals surface area (Å²) in [7, 11) is 0. The molecule has 0 radical (unpaired) electrons. The second kappa shape index (κ2) is 8.97. The van der Waals surface area contributed by atoms with Gasteiger partial charge >= 0.3 is 0 Å². The van der Waals surface area contributed by atoms with Crippen LogP contribution in [0.3, 0.4) is 0 Å². The molecule has 0 saturated carbocycles.